The van der Waals surface area contributed by atoms with Crippen molar-refractivity contribution in [3.05, 3.63) is 66.5 Å². The van der Waals surface area contributed by atoms with Gasteiger partial charge in [-0.05, 0) is 32.6 Å². The van der Waals surface area contributed by atoms with Gasteiger partial charge in [-0.15, -0.1) is 0 Å². The Bertz CT molecular complexity index is 1150. The third-order valence-corrected chi connectivity index (χ3v) is 4.70. The first kappa shape index (κ1) is 23.7. The molecule has 0 fully saturated rings. The zero-order chi connectivity index (χ0) is 23.8. The minimum atomic E-state index is -1.04. The number of nitrogens with one attached hydrogen (secondary N) is 2. The van der Waals surface area contributed by atoms with Crippen molar-refractivity contribution in [2.24, 2.45) is 0 Å². The Morgan fingerprint density at radius 2 is 1.94 bits per heavy atom. The van der Waals surface area contributed by atoms with E-state index in [9.17, 15) is 14.7 Å². The molecule has 3 N–H and O–H groups in total. The Kier molecular flexibility index (Phi) is 7.93. The molecule has 9 heteroatoms. The number of carbonyl (C=O) groups excluding carboxylic acids is 1. The number of nitrogens with zero attached hydrogens (tertiary/aromatic N) is 3. The molecule has 3 rings (SSSR count). The SMILES string of the molecule is CCOc1cc2ncnc(N[C@H](C(=O)O)c3ccccc3)c2cc1NC(=O)C=CCN(C)C. The number of aromatic nitrogens is 2. The molecule has 1 aromatic heterocycles. The predicted octanol–water partition coefficient (Wildman–Crippen LogP) is 3.32. The number of rotatable bonds is 10. The van der Waals surface area contributed by atoms with E-state index in [4.69, 9.17) is 4.74 Å². The molecule has 0 unspecified atom stereocenters. The molecular formula is C24H27N5O4. The van der Waals surface area contributed by atoms with Gasteiger partial charge in [0.15, 0.2) is 6.04 Å². The lowest BCUT2D eigenvalue weighted by Crippen LogP contribution is -2.21. The fourth-order valence-electron chi connectivity index (χ4n) is 3.19. The average Bonchev–Trinajstić information content (AvgIpc) is 2.78. The van der Waals surface area contributed by atoms with E-state index in [-0.39, 0.29) is 5.91 Å². The van der Waals surface area contributed by atoms with Crippen molar-refractivity contribution in [1.82, 2.24) is 14.9 Å². The maximum atomic E-state index is 12.4. The quantitative estimate of drug-likeness (QED) is 0.404. The van der Waals surface area contributed by atoms with Gasteiger partial charge in [0, 0.05) is 24.1 Å². The van der Waals surface area contributed by atoms with Gasteiger partial charge in [-0.25, -0.2) is 14.8 Å². The molecule has 0 saturated heterocycles. The number of ether oxygens (including phenoxy) is 1. The molecule has 172 valence electrons. The van der Waals surface area contributed by atoms with E-state index in [1.165, 1.54) is 12.4 Å². The van der Waals surface area contributed by atoms with Crippen LogP contribution >= 0.6 is 0 Å². The Balaban J connectivity index is 1.98. The van der Waals surface area contributed by atoms with Crippen LogP contribution in [0.25, 0.3) is 10.9 Å². The van der Waals surface area contributed by atoms with Gasteiger partial charge in [-0.3, -0.25) is 4.79 Å². The topological polar surface area (TPSA) is 117 Å². The highest BCUT2D eigenvalue weighted by Crippen LogP contribution is 2.33. The van der Waals surface area contributed by atoms with Crippen molar-refractivity contribution in [1.29, 1.82) is 0 Å². The predicted molar refractivity (Wildman–Crippen MR) is 127 cm³/mol. The molecule has 1 amide bonds. The summed E-state index contributed by atoms with van der Waals surface area (Å²) in [5.74, 6) is -0.561. The lowest BCUT2D eigenvalue weighted by molar-refractivity contribution is -0.138. The van der Waals surface area contributed by atoms with E-state index in [0.717, 1.165) is 0 Å². The van der Waals surface area contributed by atoms with Crippen LogP contribution in [0.5, 0.6) is 5.75 Å². The summed E-state index contributed by atoms with van der Waals surface area (Å²) in [4.78, 5) is 34.9. The molecule has 1 heterocycles. The molecule has 0 saturated carbocycles. The summed E-state index contributed by atoms with van der Waals surface area (Å²) in [6.45, 7) is 2.87. The molecule has 33 heavy (non-hydrogen) atoms. The van der Waals surface area contributed by atoms with Gasteiger partial charge in [0.1, 0.15) is 17.9 Å². The number of anilines is 2. The minimum Gasteiger partial charge on any atom is -0.492 e. The molecule has 3 aromatic rings. The zero-order valence-corrected chi connectivity index (χ0v) is 18.8. The number of hydrogen-bond donors (Lipinski definition) is 3. The fourth-order valence-corrected chi connectivity index (χ4v) is 3.19. The van der Waals surface area contributed by atoms with Crippen LogP contribution in [0.1, 0.15) is 18.5 Å². The van der Waals surface area contributed by atoms with E-state index < -0.39 is 12.0 Å². The minimum absolute atomic E-state index is 0.309. The first-order chi connectivity index (χ1) is 15.9. The van der Waals surface area contributed by atoms with Gasteiger partial charge in [0.05, 0.1) is 17.8 Å². The maximum absolute atomic E-state index is 12.4. The largest absolute Gasteiger partial charge is 0.492 e. The molecule has 0 bridgehead atoms. The monoisotopic (exact) mass is 449 g/mol. The number of aliphatic carboxylic acids is 1. The van der Waals surface area contributed by atoms with Crippen molar-refractivity contribution >= 4 is 34.3 Å². The van der Waals surface area contributed by atoms with Crippen LogP contribution in [0, 0.1) is 0 Å². The molecule has 1 atom stereocenters. The van der Waals surface area contributed by atoms with Gasteiger partial charge in [0.25, 0.3) is 0 Å². The van der Waals surface area contributed by atoms with Gasteiger partial charge in [-0.1, -0.05) is 36.4 Å². The maximum Gasteiger partial charge on any atom is 0.330 e. The van der Waals surface area contributed by atoms with Crippen molar-refractivity contribution in [2.75, 3.05) is 37.9 Å². The second-order valence-corrected chi connectivity index (χ2v) is 7.50. The lowest BCUT2D eigenvalue weighted by atomic mass is 10.1. The summed E-state index contributed by atoms with van der Waals surface area (Å²) in [5, 5.41) is 16.1. The van der Waals surface area contributed by atoms with E-state index in [1.54, 1.807) is 42.5 Å². The summed E-state index contributed by atoms with van der Waals surface area (Å²) >= 11 is 0. The van der Waals surface area contributed by atoms with Crippen molar-refractivity contribution in [2.45, 2.75) is 13.0 Å². The number of amides is 1. The Morgan fingerprint density at radius 1 is 1.18 bits per heavy atom. The summed E-state index contributed by atoms with van der Waals surface area (Å²) in [5.41, 5.74) is 1.57. The molecular weight excluding hydrogens is 422 g/mol. The first-order valence-corrected chi connectivity index (χ1v) is 10.5. The Hall–Kier alpha value is -3.98. The fraction of sp³-hybridized carbons (Fsp3) is 0.250. The molecule has 9 nitrogen and oxygen atoms in total. The highest BCUT2D eigenvalue weighted by atomic mass is 16.5. The smallest absolute Gasteiger partial charge is 0.330 e. The lowest BCUT2D eigenvalue weighted by Gasteiger charge is -2.18. The van der Waals surface area contributed by atoms with Crippen LogP contribution in [-0.4, -0.2) is 59.1 Å². The Morgan fingerprint density at radius 3 is 2.61 bits per heavy atom. The number of likely N-dealkylation sites (N-methyl/N-ethyl adjacent to an activating group) is 1. The van der Waals surface area contributed by atoms with Crippen LogP contribution in [0.3, 0.4) is 0 Å². The van der Waals surface area contributed by atoms with Crippen LogP contribution < -0.4 is 15.4 Å². The number of carbonyl (C=O) groups is 2. The van der Waals surface area contributed by atoms with Crippen LogP contribution in [-0.2, 0) is 9.59 Å². The summed E-state index contributed by atoms with van der Waals surface area (Å²) in [6.07, 6.45) is 4.56. The molecule has 0 radical (unpaired) electrons. The highest BCUT2D eigenvalue weighted by molar-refractivity contribution is 6.03. The van der Waals surface area contributed by atoms with E-state index in [0.29, 0.717) is 46.9 Å². The van der Waals surface area contributed by atoms with Gasteiger partial charge < -0.3 is 25.4 Å². The number of benzene rings is 2. The van der Waals surface area contributed by atoms with Crippen molar-refractivity contribution in [3.63, 3.8) is 0 Å². The second kappa shape index (κ2) is 11.1. The van der Waals surface area contributed by atoms with Gasteiger partial charge >= 0.3 is 5.97 Å². The number of carboxylic acids is 1. The molecule has 0 aliphatic rings. The van der Waals surface area contributed by atoms with E-state index >= 15 is 0 Å². The first-order valence-electron chi connectivity index (χ1n) is 10.5. The van der Waals surface area contributed by atoms with Gasteiger partial charge in [-0.2, -0.15) is 0 Å². The van der Waals surface area contributed by atoms with E-state index in [2.05, 4.69) is 20.6 Å². The summed E-state index contributed by atoms with van der Waals surface area (Å²) in [7, 11) is 3.82. The molecule has 0 spiro atoms. The number of carboxylic acid groups (broad SMARTS) is 1. The van der Waals surface area contributed by atoms with Crippen molar-refractivity contribution < 1.29 is 19.4 Å². The van der Waals surface area contributed by atoms with Crippen LogP contribution in [0.15, 0.2) is 60.9 Å². The molecule has 2 aromatic carbocycles. The average molecular weight is 450 g/mol. The van der Waals surface area contributed by atoms with Gasteiger partial charge in [0.2, 0.25) is 5.91 Å². The third-order valence-electron chi connectivity index (χ3n) is 4.70. The second-order valence-electron chi connectivity index (χ2n) is 7.50. The van der Waals surface area contributed by atoms with Crippen LogP contribution in [0.4, 0.5) is 11.5 Å². The van der Waals surface area contributed by atoms with Crippen LogP contribution in [0.2, 0.25) is 0 Å². The molecule has 0 aliphatic heterocycles. The van der Waals surface area contributed by atoms with E-state index in [1.807, 2.05) is 32.0 Å². The molecule has 0 aliphatic carbocycles. The summed E-state index contributed by atoms with van der Waals surface area (Å²) < 4.78 is 5.70. The number of hydrogen-bond acceptors (Lipinski definition) is 7. The Labute approximate surface area is 192 Å². The summed E-state index contributed by atoms with van der Waals surface area (Å²) in [6, 6.07) is 11.2. The standard InChI is InChI=1S/C24H27N5O4/c1-4-33-20-14-18-17(13-19(20)27-21(30)11-8-12-29(2)3)23(26-15-25-18)28-22(24(31)32)16-9-6-5-7-10-16/h5-11,13-15,22H,4,12H2,1-3H3,(H,27,30)(H,31,32)(H,25,26,28)/t22-/m0/s1. The zero-order valence-electron chi connectivity index (χ0n) is 18.8. The van der Waals surface area contributed by atoms with Crippen molar-refractivity contribution in [3.8, 4) is 5.75 Å². The normalized spacial score (nSPS) is 12.1. The third kappa shape index (κ3) is 6.27. The number of fused-ring (bicyclic) bond motifs is 1. The highest BCUT2D eigenvalue weighted by Gasteiger charge is 2.21.